The van der Waals surface area contributed by atoms with Gasteiger partial charge >= 0.3 is 0 Å². The lowest BCUT2D eigenvalue weighted by molar-refractivity contribution is 0.281. The number of nitrogens with zero attached hydrogens (tertiary/aromatic N) is 3. The predicted molar refractivity (Wildman–Crippen MR) is 77.7 cm³/mol. The number of aliphatic hydroxyl groups excluding tert-OH is 1. The maximum Gasteiger partial charge on any atom is 0.197 e. The van der Waals surface area contributed by atoms with Crippen LogP contribution in [0.1, 0.15) is 11.4 Å². The standard InChI is InChI=1S/C11H13N5OS2/c17-4-9-14-7(5-18-9)8-6-19-11(15-8)16-10-12-2-1-3-13-10/h5-6,17H,1-4H2,(H2,12,13,15,16). The van der Waals surface area contributed by atoms with Gasteiger partial charge in [-0.1, -0.05) is 0 Å². The number of aliphatic imine (C=N–C) groups is 1. The second-order valence-electron chi connectivity index (χ2n) is 3.96. The first kappa shape index (κ1) is 12.5. The highest BCUT2D eigenvalue weighted by Crippen LogP contribution is 2.26. The van der Waals surface area contributed by atoms with Gasteiger partial charge in [0.05, 0.1) is 6.61 Å². The summed E-state index contributed by atoms with van der Waals surface area (Å²) in [4.78, 5) is 13.1. The number of rotatable bonds is 3. The van der Waals surface area contributed by atoms with E-state index in [1.165, 1.54) is 22.7 Å². The molecule has 1 aliphatic rings. The van der Waals surface area contributed by atoms with Crippen molar-refractivity contribution in [2.45, 2.75) is 13.0 Å². The quantitative estimate of drug-likeness (QED) is 0.800. The molecule has 0 bridgehead atoms. The zero-order valence-corrected chi connectivity index (χ0v) is 11.7. The van der Waals surface area contributed by atoms with Crippen LogP contribution in [0.25, 0.3) is 11.4 Å². The average Bonchev–Trinajstić information content (AvgIpc) is 3.08. The molecule has 0 aromatic carbocycles. The highest BCUT2D eigenvalue weighted by molar-refractivity contribution is 7.14. The SMILES string of the molecule is OCc1nc(-c2csc(NC3=NCCCN3)n2)cs1. The number of aromatic nitrogens is 2. The van der Waals surface area contributed by atoms with Gasteiger partial charge in [0.2, 0.25) is 0 Å². The zero-order valence-electron chi connectivity index (χ0n) is 10.1. The van der Waals surface area contributed by atoms with E-state index in [1.807, 2.05) is 10.8 Å². The third kappa shape index (κ3) is 2.91. The molecule has 0 amide bonds. The van der Waals surface area contributed by atoms with Crippen LogP contribution in [0.3, 0.4) is 0 Å². The number of aliphatic hydroxyl groups is 1. The maximum atomic E-state index is 9.01. The van der Waals surface area contributed by atoms with Gasteiger partial charge in [-0.2, -0.15) is 0 Å². The van der Waals surface area contributed by atoms with Crippen molar-refractivity contribution in [1.29, 1.82) is 0 Å². The summed E-state index contributed by atoms with van der Waals surface area (Å²) in [6.45, 7) is 1.76. The Morgan fingerprint density at radius 3 is 2.84 bits per heavy atom. The molecule has 19 heavy (non-hydrogen) atoms. The fraction of sp³-hybridized carbons (Fsp3) is 0.364. The van der Waals surface area contributed by atoms with Crippen LogP contribution in [-0.2, 0) is 6.61 Å². The lowest BCUT2D eigenvalue weighted by Gasteiger charge is -2.13. The minimum atomic E-state index is -0.0271. The summed E-state index contributed by atoms with van der Waals surface area (Å²) in [7, 11) is 0. The summed E-state index contributed by atoms with van der Waals surface area (Å²) in [6.07, 6.45) is 1.07. The van der Waals surface area contributed by atoms with Crippen LogP contribution in [0.15, 0.2) is 15.8 Å². The van der Waals surface area contributed by atoms with E-state index in [0.29, 0.717) is 5.01 Å². The van der Waals surface area contributed by atoms with Crippen LogP contribution in [0, 0.1) is 0 Å². The van der Waals surface area contributed by atoms with E-state index in [0.717, 1.165) is 42.0 Å². The molecule has 0 spiro atoms. The normalized spacial score (nSPS) is 14.9. The highest BCUT2D eigenvalue weighted by atomic mass is 32.1. The van der Waals surface area contributed by atoms with E-state index >= 15 is 0 Å². The van der Waals surface area contributed by atoms with E-state index in [9.17, 15) is 0 Å². The second-order valence-corrected chi connectivity index (χ2v) is 5.76. The van der Waals surface area contributed by atoms with Gasteiger partial charge < -0.3 is 15.7 Å². The van der Waals surface area contributed by atoms with Crippen LogP contribution in [0.5, 0.6) is 0 Å². The smallest absolute Gasteiger partial charge is 0.197 e. The summed E-state index contributed by atoms with van der Waals surface area (Å²) < 4.78 is 0. The monoisotopic (exact) mass is 295 g/mol. The Labute approximate surface area is 118 Å². The number of anilines is 1. The second kappa shape index (κ2) is 5.64. The van der Waals surface area contributed by atoms with Gasteiger partial charge in [-0.25, -0.2) is 9.97 Å². The molecule has 0 fully saturated rings. The van der Waals surface area contributed by atoms with Gasteiger partial charge in [0.1, 0.15) is 16.4 Å². The minimum absolute atomic E-state index is 0.0271. The van der Waals surface area contributed by atoms with E-state index in [2.05, 4.69) is 25.6 Å². The number of guanidine groups is 1. The molecule has 8 heteroatoms. The van der Waals surface area contributed by atoms with Crippen molar-refractivity contribution < 1.29 is 5.11 Å². The van der Waals surface area contributed by atoms with Gasteiger partial charge in [0.15, 0.2) is 11.1 Å². The number of nitrogens with one attached hydrogen (secondary N) is 2. The number of hydrogen-bond acceptors (Lipinski definition) is 8. The van der Waals surface area contributed by atoms with Crippen molar-refractivity contribution in [1.82, 2.24) is 15.3 Å². The highest BCUT2D eigenvalue weighted by Gasteiger charge is 2.10. The average molecular weight is 295 g/mol. The Morgan fingerprint density at radius 2 is 2.11 bits per heavy atom. The molecule has 0 atom stereocenters. The summed E-state index contributed by atoms with van der Waals surface area (Å²) in [5.41, 5.74) is 1.62. The van der Waals surface area contributed by atoms with Crippen LogP contribution >= 0.6 is 22.7 Å². The molecule has 0 saturated carbocycles. The minimum Gasteiger partial charge on any atom is -0.389 e. The Bertz CT molecular complexity index is 591. The molecule has 0 unspecified atom stereocenters. The Hall–Kier alpha value is -1.51. The zero-order chi connectivity index (χ0) is 13.1. The molecule has 2 aromatic rings. The van der Waals surface area contributed by atoms with Crippen molar-refractivity contribution in [2.75, 3.05) is 18.4 Å². The van der Waals surface area contributed by atoms with Crippen molar-refractivity contribution in [3.8, 4) is 11.4 Å². The summed E-state index contributed by atoms with van der Waals surface area (Å²) >= 11 is 2.95. The first-order valence-corrected chi connectivity index (χ1v) is 7.67. The fourth-order valence-electron chi connectivity index (χ4n) is 1.67. The van der Waals surface area contributed by atoms with Crippen LogP contribution < -0.4 is 10.6 Å². The molecule has 3 rings (SSSR count). The third-order valence-corrected chi connectivity index (χ3v) is 4.17. The Balaban J connectivity index is 1.73. The van der Waals surface area contributed by atoms with E-state index in [4.69, 9.17) is 5.11 Å². The molecular formula is C11H13N5OS2. The predicted octanol–water partition coefficient (Wildman–Crippen LogP) is 1.52. The lowest BCUT2D eigenvalue weighted by atomic mass is 10.4. The molecule has 100 valence electrons. The van der Waals surface area contributed by atoms with E-state index in [1.54, 1.807) is 0 Å². The molecular weight excluding hydrogens is 282 g/mol. The Morgan fingerprint density at radius 1 is 1.26 bits per heavy atom. The fourth-order valence-corrected chi connectivity index (χ4v) is 3.02. The summed E-state index contributed by atoms with van der Waals surface area (Å²) in [5.74, 6) is 0.779. The van der Waals surface area contributed by atoms with E-state index < -0.39 is 0 Å². The van der Waals surface area contributed by atoms with Gasteiger partial charge in [0.25, 0.3) is 0 Å². The largest absolute Gasteiger partial charge is 0.389 e. The van der Waals surface area contributed by atoms with Crippen molar-refractivity contribution >= 4 is 33.8 Å². The van der Waals surface area contributed by atoms with Crippen molar-refractivity contribution in [3.63, 3.8) is 0 Å². The topological polar surface area (TPSA) is 82.4 Å². The molecule has 0 radical (unpaired) electrons. The van der Waals surface area contributed by atoms with Crippen LogP contribution in [0.2, 0.25) is 0 Å². The summed E-state index contributed by atoms with van der Waals surface area (Å²) in [5, 5.41) is 20.7. The number of thiazole rings is 2. The molecule has 0 saturated heterocycles. The third-order valence-electron chi connectivity index (χ3n) is 2.58. The van der Waals surface area contributed by atoms with Crippen molar-refractivity contribution in [3.05, 3.63) is 15.8 Å². The van der Waals surface area contributed by atoms with Gasteiger partial charge in [-0.05, 0) is 6.42 Å². The Kier molecular flexibility index (Phi) is 3.72. The first-order chi connectivity index (χ1) is 9.35. The van der Waals surface area contributed by atoms with Crippen LogP contribution in [0.4, 0.5) is 5.13 Å². The van der Waals surface area contributed by atoms with Gasteiger partial charge in [-0.3, -0.25) is 4.99 Å². The maximum absolute atomic E-state index is 9.01. The van der Waals surface area contributed by atoms with Gasteiger partial charge in [0, 0.05) is 23.8 Å². The first-order valence-electron chi connectivity index (χ1n) is 5.91. The molecule has 3 N–H and O–H groups in total. The molecule has 6 nitrogen and oxygen atoms in total. The molecule has 1 aliphatic heterocycles. The lowest BCUT2D eigenvalue weighted by Crippen LogP contribution is -2.35. The molecule has 3 heterocycles. The van der Waals surface area contributed by atoms with Gasteiger partial charge in [-0.15, -0.1) is 22.7 Å². The molecule has 0 aliphatic carbocycles. The van der Waals surface area contributed by atoms with E-state index in [-0.39, 0.29) is 6.61 Å². The molecule has 2 aromatic heterocycles. The number of hydrogen-bond donors (Lipinski definition) is 3. The van der Waals surface area contributed by atoms with Crippen LogP contribution in [-0.4, -0.2) is 34.1 Å². The summed E-state index contributed by atoms with van der Waals surface area (Å²) in [6, 6.07) is 0. The van der Waals surface area contributed by atoms with Crippen molar-refractivity contribution in [2.24, 2.45) is 4.99 Å².